The molecule has 0 aliphatic carbocycles. The summed E-state index contributed by atoms with van der Waals surface area (Å²) in [6, 6.07) is -0.169. The summed E-state index contributed by atoms with van der Waals surface area (Å²) in [5, 5.41) is 0. The Balaban J connectivity index is 2.03. The molecule has 0 bridgehead atoms. The first-order valence-corrected chi connectivity index (χ1v) is 4.49. The van der Waals surface area contributed by atoms with Crippen molar-refractivity contribution < 1.29 is 14.3 Å². The maximum atomic E-state index is 11.7. The van der Waals surface area contributed by atoms with Crippen LogP contribution in [-0.2, 0) is 14.3 Å². The summed E-state index contributed by atoms with van der Waals surface area (Å²) >= 11 is 0. The van der Waals surface area contributed by atoms with Gasteiger partial charge in [-0.2, -0.15) is 0 Å². The van der Waals surface area contributed by atoms with Crippen LogP contribution >= 0.6 is 0 Å². The average Bonchev–Trinajstić information content (AvgIpc) is 2.72. The molecule has 1 saturated heterocycles. The molecule has 2 unspecified atom stereocenters. The maximum Gasteiger partial charge on any atom is 0.204 e. The van der Waals surface area contributed by atoms with E-state index in [1.54, 1.807) is 0 Å². The minimum atomic E-state index is -0.204. The van der Waals surface area contributed by atoms with Gasteiger partial charge in [0.05, 0.1) is 25.7 Å². The highest BCUT2D eigenvalue weighted by Gasteiger charge is 2.34. The molecular weight excluding hydrogens is 170 g/mol. The molecule has 2 atom stereocenters. The number of nitrogens with two attached hydrogens (primary N) is 1. The third kappa shape index (κ3) is 1.59. The zero-order valence-electron chi connectivity index (χ0n) is 7.36. The highest BCUT2D eigenvalue weighted by molar-refractivity contribution is 5.96. The van der Waals surface area contributed by atoms with Gasteiger partial charge < -0.3 is 15.2 Å². The molecule has 0 spiro atoms. The summed E-state index contributed by atoms with van der Waals surface area (Å²) in [4.78, 5) is 11.7. The van der Waals surface area contributed by atoms with E-state index in [1.165, 1.54) is 0 Å². The Morgan fingerprint density at radius 1 is 1.54 bits per heavy atom. The molecule has 0 amide bonds. The number of Topliss-reactive ketones (excluding diaryl/α,β-unsaturated/α-hetero) is 1. The van der Waals surface area contributed by atoms with Gasteiger partial charge in [-0.1, -0.05) is 0 Å². The molecule has 13 heavy (non-hydrogen) atoms. The van der Waals surface area contributed by atoms with E-state index >= 15 is 0 Å². The van der Waals surface area contributed by atoms with E-state index in [1.807, 2.05) is 6.08 Å². The van der Waals surface area contributed by atoms with E-state index < -0.39 is 0 Å². The third-order valence-electron chi connectivity index (χ3n) is 2.41. The van der Waals surface area contributed by atoms with Gasteiger partial charge in [0.15, 0.2) is 5.76 Å². The first-order valence-electron chi connectivity index (χ1n) is 4.49. The lowest BCUT2D eigenvalue weighted by molar-refractivity contribution is -0.122. The first kappa shape index (κ1) is 8.72. The molecular formula is C9H13NO3. The zero-order valence-corrected chi connectivity index (χ0v) is 7.36. The molecule has 4 heteroatoms. The summed E-state index contributed by atoms with van der Waals surface area (Å²) in [6.07, 6.45) is 2.65. The molecule has 1 fully saturated rings. The molecule has 2 heterocycles. The molecule has 0 aromatic rings. The number of carbonyl (C=O) groups excluding carboxylic acids is 1. The summed E-state index contributed by atoms with van der Waals surface area (Å²) < 4.78 is 10.3. The van der Waals surface area contributed by atoms with Crippen molar-refractivity contribution in [2.45, 2.75) is 12.5 Å². The van der Waals surface area contributed by atoms with Crippen LogP contribution in [0.1, 0.15) is 6.42 Å². The SMILES string of the molecule is NC1COCC1C(=O)C1=CCCO1. The predicted octanol–water partition coefficient (Wildman–Crippen LogP) is -0.167. The van der Waals surface area contributed by atoms with Gasteiger partial charge in [-0.25, -0.2) is 0 Å². The molecule has 0 saturated carbocycles. The Labute approximate surface area is 76.7 Å². The average molecular weight is 183 g/mol. The predicted molar refractivity (Wildman–Crippen MR) is 45.9 cm³/mol. The Morgan fingerprint density at radius 3 is 2.92 bits per heavy atom. The van der Waals surface area contributed by atoms with Crippen molar-refractivity contribution in [1.29, 1.82) is 0 Å². The fourth-order valence-corrected chi connectivity index (χ4v) is 1.61. The van der Waals surface area contributed by atoms with Gasteiger partial charge in [-0.05, 0) is 6.08 Å². The largest absolute Gasteiger partial charge is 0.490 e. The molecule has 0 radical (unpaired) electrons. The number of rotatable bonds is 2. The Kier molecular flexibility index (Phi) is 2.33. The quantitative estimate of drug-likeness (QED) is 0.645. The highest BCUT2D eigenvalue weighted by atomic mass is 16.5. The van der Waals surface area contributed by atoms with E-state index in [2.05, 4.69) is 0 Å². The highest BCUT2D eigenvalue weighted by Crippen LogP contribution is 2.20. The van der Waals surface area contributed by atoms with Gasteiger partial charge in [0.1, 0.15) is 0 Å². The van der Waals surface area contributed by atoms with Crippen LogP contribution in [-0.4, -0.2) is 31.6 Å². The second-order valence-electron chi connectivity index (χ2n) is 3.38. The smallest absolute Gasteiger partial charge is 0.204 e. The van der Waals surface area contributed by atoms with Gasteiger partial charge in [-0.3, -0.25) is 4.79 Å². The lowest BCUT2D eigenvalue weighted by Gasteiger charge is -2.11. The lowest BCUT2D eigenvalue weighted by Crippen LogP contribution is -2.34. The van der Waals surface area contributed by atoms with Crippen molar-refractivity contribution in [2.75, 3.05) is 19.8 Å². The summed E-state index contributed by atoms with van der Waals surface area (Å²) in [7, 11) is 0. The summed E-state index contributed by atoms with van der Waals surface area (Å²) in [6.45, 7) is 1.52. The van der Waals surface area contributed by atoms with E-state index in [0.29, 0.717) is 25.6 Å². The molecule has 2 N–H and O–H groups in total. The van der Waals surface area contributed by atoms with Gasteiger partial charge in [0.2, 0.25) is 5.78 Å². The van der Waals surface area contributed by atoms with Crippen LogP contribution in [0.25, 0.3) is 0 Å². The van der Waals surface area contributed by atoms with Gasteiger partial charge >= 0.3 is 0 Å². The first-order chi connectivity index (χ1) is 6.29. The molecule has 0 aromatic heterocycles. The maximum absolute atomic E-state index is 11.7. The standard InChI is InChI=1S/C9H13NO3/c10-7-5-12-4-6(7)9(11)8-2-1-3-13-8/h2,6-7H,1,3-5,10H2. The van der Waals surface area contributed by atoms with Crippen molar-refractivity contribution >= 4 is 5.78 Å². The topological polar surface area (TPSA) is 61.5 Å². The summed E-state index contributed by atoms with van der Waals surface area (Å²) in [5.41, 5.74) is 5.72. The fraction of sp³-hybridized carbons (Fsp3) is 0.667. The van der Waals surface area contributed by atoms with E-state index in [4.69, 9.17) is 15.2 Å². The number of hydrogen-bond acceptors (Lipinski definition) is 4. The van der Waals surface area contributed by atoms with Gasteiger partial charge in [-0.15, -0.1) is 0 Å². The van der Waals surface area contributed by atoms with Crippen LogP contribution in [0.15, 0.2) is 11.8 Å². The summed E-state index contributed by atoms with van der Waals surface area (Å²) in [5.74, 6) is 0.276. The van der Waals surface area contributed by atoms with Crippen LogP contribution in [0.2, 0.25) is 0 Å². The minimum Gasteiger partial charge on any atom is -0.490 e. The molecule has 72 valence electrons. The van der Waals surface area contributed by atoms with Crippen molar-refractivity contribution in [2.24, 2.45) is 11.7 Å². The number of allylic oxidation sites excluding steroid dienone is 1. The van der Waals surface area contributed by atoms with Crippen molar-refractivity contribution in [1.82, 2.24) is 0 Å². The van der Waals surface area contributed by atoms with E-state index in [-0.39, 0.29) is 17.7 Å². The lowest BCUT2D eigenvalue weighted by atomic mass is 9.98. The Morgan fingerprint density at radius 2 is 2.38 bits per heavy atom. The molecule has 2 aliphatic heterocycles. The van der Waals surface area contributed by atoms with Crippen LogP contribution in [0.4, 0.5) is 0 Å². The van der Waals surface area contributed by atoms with Gasteiger partial charge in [0.25, 0.3) is 0 Å². The number of ketones is 1. The van der Waals surface area contributed by atoms with Crippen LogP contribution in [0.5, 0.6) is 0 Å². The Hall–Kier alpha value is -0.870. The number of hydrogen-bond donors (Lipinski definition) is 1. The molecule has 2 aliphatic rings. The Bertz CT molecular complexity index is 249. The third-order valence-corrected chi connectivity index (χ3v) is 2.41. The molecule has 0 aromatic carbocycles. The zero-order chi connectivity index (χ0) is 9.26. The van der Waals surface area contributed by atoms with Gasteiger partial charge in [0, 0.05) is 12.5 Å². The van der Waals surface area contributed by atoms with Crippen LogP contribution in [0.3, 0.4) is 0 Å². The normalized spacial score (nSPS) is 32.8. The van der Waals surface area contributed by atoms with Crippen LogP contribution in [0, 0.1) is 5.92 Å². The number of carbonyl (C=O) groups is 1. The van der Waals surface area contributed by atoms with Crippen molar-refractivity contribution in [3.63, 3.8) is 0 Å². The number of ether oxygens (including phenoxy) is 2. The molecule has 2 rings (SSSR count). The second-order valence-corrected chi connectivity index (χ2v) is 3.38. The van der Waals surface area contributed by atoms with E-state index in [9.17, 15) is 4.79 Å². The monoisotopic (exact) mass is 183 g/mol. The molecule has 4 nitrogen and oxygen atoms in total. The van der Waals surface area contributed by atoms with E-state index in [0.717, 1.165) is 6.42 Å². The van der Waals surface area contributed by atoms with Crippen molar-refractivity contribution in [3.8, 4) is 0 Å². The minimum absolute atomic E-state index is 0.00231. The van der Waals surface area contributed by atoms with Crippen LogP contribution < -0.4 is 5.73 Å². The second kappa shape index (κ2) is 3.47. The fourth-order valence-electron chi connectivity index (χ4n) is 1.61. The van der Waals surface area contributed by atoms with Crippen molar-refractivity contribution in [3.05, 3.63) is 11.8 Å².